The van der Waals surface area contributed by atoms with E-state index in [-0.39, 0.29) is 15.2 Å². The van der Waals surface area contributed by atoms with E-state index in [1.165, 1.54) is 24.3 Å². The molecule has 7 nitrogen and oxygen atoms in total. The number of hydrogen-bond donors (Lipinski definition) is 2. The molecule has 0 atom stereocenters. The Morgan fingerprint density at radius 1 is 0.963 bits per heavy atom. The van der Waals surface area contributed by atoms with E-state index in [0.717, 1.165) is 17.6 Å². The first-order valence-corrected chi connectivity index (χ1v) is 11.6. The highest BCUT2D eigenvalue weighted by atomic mass is 32.2. The molecule has 9 heteroatoms. The van der Waals surface area contributed by atoms with E-state index in [1.807, 2.05) is 20.8 Å². The van der Waals surface area contributed by atoms with Crippen molar-refractivity contribution in [2.45, 2.75) is 36.0 Å². The number of imidazole rings is 1. The van der Waals surface area contributed by atoms with Gasteiger partial charge in [0.15, 0.2) is 9.84 Å². The number of benzene rings is 2. The van der Waals surface area contributed by atoms with Gasteiger partial charge in [-0.15, -0.1) is 0 Å². The number of hydrogen-bond acceptors (Lipinski definition) is 5. The molecule has 0 saturated carbocycles. The Labute approximate surface area is 158 Å². The molecule has 0 unspecified atom stereocenters. The number of nitrogens with one attached hydrogen (secondary N) is 2. The van der Waals surface area contributed by atoms with Crippen LogP contribution < -0.4 is 4.72 Å². The summed E-state index contributed by atoms with van der Waals surface area (Å²) in [6.45, 7) is 6.07. The van der Waals surface area contributed by atoms with Gasteiger partial charge in [-0.2, -0.15) is 0 Å². The molecule has 0 fully saturated rings. The lowest BCUT2D eigenvalue weighted by Crippen LogP contribution is -2.16. The van der Waals surface area contributed by atoms with Crippen molar-refractivity contribution in [2.24, 2.45) is 0 Å². The molecule has 0 spiro atoms. The Balaban J connectivity index is 2.02. The zero-order valence-electron chi connectivity index (χ0n) is 15.4. The van der Waals surface area contributed by atoms with Crippen LogP contribution in [0.15, 0.2) is 52.3 Å². The lowest BCUT2D eigenvalue weighted by molar-refractivity contribution is 0.554. The van der Waals surface area contributed by atoms with E-state index in [0.29, 0.717) is 11.2 Å². The minimum Gasteiger partial charge on any atom is -0.341 e. The highest BCUT2D eigenvalue weighted by molar-refractivity contribution is 7.95. The first-order valence-electron chi connectivity index (χ1n) is 8.20. The SMILES string of the molecule is CC(C)(C)c1nc2ccc(NS(=O)(=O)c3ccccc3S(C)(=O)=O)cc2[nH]1. The fourth-order valence-electron chi connectivity index (χ4n) is 2.62. The van der Waals surface area contributed by atoms with E-state index in [1.54, 1.807) is 18.2 Å². The van der Waals surface area contributed by atoms with Crippen LogP contribution in [0.3, 0.4) is 0 Å². The Hall–Kier alpha value is -2.39. The molecule has 2 aromatic carbocycles. The minimum atomic E-state index is -4.08. The van der Waals surface area contributed by atoms with Gasteiger partial charge in [0.2, 0.25) is 0 Å². The standard InChI is InChI=1S/C18H21N3O4S2/c1-18(2,3)17-19-13-10-9-12(11-14(13)20-17)21-27(24,25)16-8-6-5-7-15(16)26(4,22)23/h5-11,21H,1-4H3,(H,19,20). The second-order valence-corrected chi connectivity index (χ2v) is 11.0. The normalized spacial score (nSPS) is 13.0. The summed E-state index contributed by atoms with van der Waals surface area (Å²) in [5, 5.41) is 0. The van der Waals surface area contributed by atoms with Crippen LogP contribution in [-0.4, -0.2) is 33.1 Å². The fourth-order valence-corrected chi connectivity index (χ4v) is 5.30. The maximum Gasteiger partial charge on any atom is 0.263 e. The number of rotatable bonds is 4. The Kier molecular flexibility index (Phi) is 4.55. The van der Waals surface area contributed by atoms with Crippen molar-refractivity contribution >= 4 is 36.6 Å². The third-order valence-corrected chi connectivity index (χ3v) is 6.71. The summed E-state index contributed by atoms with van der Waals surface area (Å²) in [6, 6.07) is 10.5. The molecule has 1 aromatic heterocycles. The largest absolute Gasteiger partial charge is 0.341 e. The predicted octanol–water partition coefficient (Wildman–Crippen LogP) is 3.06. The molecule has 0 bridgehead atoms. The smallest absolute Gasteiger partial charge is 0.263 e. The molecule has 27 heavy (non-hydrogen) atoms. The molecule has 0 aliphatic rings. The summed E-state index contributed by atoms with van der Waals surface area (Å²) < 4.78 is 51.8. The molecule has 3 aromatic rings. The van der Waals surface area contributed by atoms with E-state index >= 15 is 0 Å². The van der Waals surface area contributed by atoms with Crippen molar-refractivity contribution in [3.63, 3.8) is 0 Å². The van der Waals surface area contributed by atoms with Crippen LogP contribution in [0.25, 0.3) is 11.0 Å². The molecular formula is C18H21N3O4S2. The van der Waals surface area contributed by atoms with Crippen LogP contribution in [-0.2, 0) is 25.3 Å². The summed E-state index contributed by atoms with van der Waals surface area (Å²) in [6.07, 6.45) is 0.978. The average molecular weight is 408 g/mol. The molecule has 3 rings (SSSR count). The molecule has 0 aliphatic carbocycles. The Morgan fingerprint density at radius 2 is 1.59 bits per heavy atom. The highest BCUT2D eigenvalue weighted by Crippen LogP contribution is 2.27. The van der Waals surface area contributed by atoms with Crippen molar-refractivity contribution < 1.29 is 16.8 Å². The summed E-state index contributed by atoms with van der Waals surface area (Å²) in [5.74, 6) is 0.792. The second kappa shape index (κ2) is 6.35. The van der Waals surface area contributed by atoms with Gasteiger partial charge in [-0.1, -0.05) is 32.9 Å². The second-order valence-electron chi connectivity index (χ2n) is 7.39. The van der Waals surface area contributed by atoms with Crippen LogP contribution in [0.1, 0.15) is 26.6 Å². The number of H-pyrrole nitrogens is 1. The fraction of sp³-hybridized carbons (Fsp3) is 0.278. The van der Waals surface area contributed by atoms with Gasteiger partial charge in [-0.25, -0.2) is 21.8 Å². The van der Waals surface area contributed by atoms with Gasteiger partial charge in [-0.05, 0) is 30.3 Å². The van der Waals surface area contributed by atoms with Gasteiger partial charge in [0.05, 0.1) is 21.6 Å². The lowest BCUT2D eigenvalue weighted by Gasteiger charge is -2.13. The van der Waals surface area contributed by atoms with Gasteiger partial charge in [0.1, 0.15) is 10.7 Å². The van der Waals surface area contributed by atoms with Gasteiger partial charge < -0.3 is 4.98 Å². The number of fused-ring (bicyclic) bond motifs is 1. The van der Waals surface area contributed by atoms with Gasteiger partial charge in [0, 0.05) is 11.7 Å². The predicted molar refractivity (Wildman–Crippen MR) is 105 cm³/mol. The molecule has 1 heterocycles. The van der Waals surface area contributed by atoms with E-state index < -0.39 is 19.9 Å². The number of aromatic nitrogens is 2. The third kappa shape index (κ3) is 3.98. The number of sulfone groups is 1. The first-order chi connectivity index (χ1) is 12.4. The summed E-state index contributed by atoms with van der Waals surface area (Å²) in [7, 11) is -7.77. The number of anilines is 1. The van der Waals surface area contributed by atoms with Crippen LogP contribution in [0, 0.1) is 0 Å². The average Bonchev–Trinajstić information content (AvgIpc) is 2.97. The van der Waals surface area contributed by atoms with Gasteiger partial charge in [0.25, 0.3) is 10.0 Å². The van der Waals surface area contributed by atoms with Gasteiger partial charge in [-0.3, -0.25) is 4.72 Å². The first kappa shape index (κ1) is 19.4. The molecule has 0 aliphatic heterocycles. The van der Waals surface area contributed by atoms with Crippen molar-refractivity contribution in [1.82, 2.24) is 9.97 Å². The maximum atomic E-state index is 12.8. The van der Waals surface area contributed by atoms with E-state index in [4.69, 9.17) is 0 Å². The van der Waals surface area contributed by atoms with E-state index in [9.17, 15) is 16.8 Å². The Morgan fingerprint density at radius 3 is 2.19 bits per heavy atom. The Bertz CT molecular complexity index is 1220. The van der Waals surface area contributed by atoms with Crippen LogP contribution in [0.4, 0.5) is 5.69 Å². The number of nitrogens with zero attached hydrogens (tertiary/aromatic N) is 1. The minimum absolute atomic E-state index is 0.173. The monoisotopic (exact) mass is 407 g/mol. The van der Waals surface area contributed by atoms with Crippen LogP contribution in [0.2, 0.25) is 0 Å². The summed E-state index contributed by atoms with van der Waals surface area (Å²) in [5.41, 5.74) is 1.55. The van der Waals surface area contributed by atoms with Crippen molar-refractivity contribution in [3.8, 4) is 0 Å². The number of sulfonamides is 1. The molecule has 0 saturated heterocycles. The van der Waals surface area contributed by atoms with Crippen LogP contribution >= 0.6 is 0 Å². The molecule has 2 N–H and O–H groups in total. The zero-order chi connectivity index (χ0) is 20.0. The highest BCUT2D eigenvalue weighted by Gasteiger charge is 2.24. The molecule has 144 valence electrons. The summed E-state index contributed by atoms with van der Waals surface area (Å²) >= 11 is 0. The number of aromatic amines is 1. The quantitative estimate of drug-likeness (QED) is 0.691. The van der Waals surface area contributed by atoms with Crippen molar-refractivity contribution in [2.75, 3.05) is 11.0 Å². The van der Waals surface area contributed by atoms with Crippen molar-refractivity contribution in [1.29, 1.82) is 0 Å². The molecular weight excluding hydrogens is 386 g/mol. The van der Waals surface area contributed by atoms with Crippen molar-refractivity contribution in [3.05, 3.63) is 48.3 Å². The van der Waals surface area contributed by atoms with E-state index in [2.05, 4.69) is 14.7 Å². The third-order valence-electron chi connectivity index (χ3n) is 3.98. The lowest BCUT2D eigenvalue weighted by atomic mass is 9.96. The topological polar surface area (TPSA) is 109 Å². The zero-order valence-corrected chi connectivity index (χ0v) is 17.1. The molecule has 0 amide bonds. The van der Waals surface area contributed by atoms with Gasteiger partial charge >= 0.3 is 0 Å². The van der Waals surface area contributed by atoms with Crippen LogP contribution in [0.5, 0.6) is 0 Å². The molecule has 0 radical (unpaired) electrons. The maximum absolute atomic E-state index is 12.8. The summed E-state index contributed by atoms with van der Waals surface area (Å²) in [4.78, 5) is 7.18.